The van der Waals surface area contributed by atoms with Gasteiger partial charge in [-0.2, -0.15) is 0 Å². The minimum Gasteiger partial charge on any atom is -0.493 e. The van der Waals surface area contributed by atoms with Crippen LogP contribution in [0.3, 0.4) is 0 Å². The van der Waals surface area contributed by atoms with Crippen molar-refractivity contribution in [3.63, 3.8) is 0 Å². The molecule has 3 aromatic carbocycles. The summed E-state index contributed by atoms with van der Waals surface area (Å²) in [5.74, 6) is 1.65. The van der Waals surface area contributed by atoms with Crippen LogP contribution in [0.1, 0.15) is 31.0 Å². The Balaban J connectivity index is 1.68. The number of allylic oxidation sites excluding steroid dienone is 1. The molecule has 1 aliphatic heterocycles. The van der Waals surface area contributed by atoms with Crippen LogP contribution in [-0.4, -0.2) is 29.7 Å². The normalized spacial score (nSPS) is 14.9. The number of hydrogen-bond donors (Lipinski definition) is 2. The average molecular weight is 469 g/mol. The maximum atomic E-state index is 13.8. The molecule has 0 aliphatic carbocycles. The third-order valence-electron chi connectivity index (χ3n) is 6.42. The molecule has 0 saturated carbocycles. The van der Waals surface area contributed by atoms with Crippen molar-refractivity contribution in [2.24, 2.45) is 0 Å². The van der Waals surface area contributed by atoms with Crippen LogP contribution in [0.4, 0.5) is 11.6 Å². The first kappa shape index (κ1) is 22.5. The van der Waals surface area contributed by atoms with Gasteiger partial charge in [0.15, 0.2) is 11.5 Å². The summed E-state index contributed by atoms with van der Waals surface area (Å²) in [5, 5.41) is 6.44. The Bertz CT molecular complexity index is 1440. The largest absolute Gasteiger partial charge is 0.493 e. The zero-order valence-electron chi connectivity index (χ0n) is 20.3. The first-order valence-corrected chi connectivity index (χ1v) is 11.6. The molecular formula is C28H28N4O3. The third kappa shape index (κ3) is 3.89. The second kappa shape index (κ2) is 9.18. The molecule has 0 bridgehead atoms. The van der Waals surface area contributed by atoms with Crippen molar-refractivity contribution in [3.05, 3.63) is 89.1 Å². The summed E-state index contributed by atoms with van der Waals surface area (Å²) in [6.45, 7) is 4.01. The minimum atomic E-state index is -0.487. The zero-order chi connectivity index (χ0) is 24.5. The molecular weight excluding hydrogens is 440 g/mol. The Kier molecular flexibility index (Phi) is 5.91. The van der Waals surface area contributed by atoms with Crippen LogP contribution < -0.4 is 20.1 Å². The lowest BCUT2D eigenvalue weighted by atomic mass is 9.93. The van der Waals surface area contributed by atoms with E-state index in [-0.39, 0.29) is 5.91 Å². The highest BCUT2D eigenvalue weighted by Gasteiger charge is 2.36. The Hall–Kier alpha value is -4.26. The van der Waals surface area contributed by atoms with E-state index in [1.165, 1.54) is 5.56 Å². The van der Waals surface area contributed by atoms with Crippen molar-refractivity contribution >= 4 is 28.6 Å². The molecule has 178 valence electrons. The number of hydrogen-bond acceptors (Lipinski definition) is 5. The summed E-state index contributed by atoms with van der Waals surface area (Å²) >= 11 is 0. The standard InChI is InChI=1S/C28H28N4O3/c1-5-18-13-15-19(16-14-18)30-27(33)24-17(2)29-28-31-21-10-6-7-11-22(21)32(28)25(24)20-9-8-12-23(34-3)26(20)35-4/h6-16,25H,5H2,1-4H3,(H,29,31)(H,30,33)/t25-/m0/s1. The lowest BCUT2D eigenvalue weighted by molar-refractivity contribution is -0.113. The zero-order valence-corrected chi connectivity index (χ0v) is 20.3. The van der Waals surface area contributed by atoms with Crippen LogP contribution in [0.15, 0.2) is 78.0 Å². The number of ether oxygens (including phenoxy) is 2. The number of nitrogens with one attached hydrogen (secondary N) is 2. The number of aryl methyl sites for hydroxylation is 1. The Morgan fingerprint density at radius 3 is 2.51 bits per heavy atom. The SMILES string of the molecule is CCc1ccc(NC(=O)C2=C(C)Nc3nc4ccccc4n3[C@H]2c2cccc(OC)c2OC)cc1. The van der Waals surface area contributed by atoms with Gasteiger partial charge in [-0.05, 0) is 49.2 Å². The second-order valence-electron chi connectivity index (χ2n) is 8.45. The number of para-hydroxylation sites is 3. The third-order valence-corrected chi connectivity index (χ3v) is 6.42. The maximum absolute atomic E-state index is 13.8. The number of aromatic nitrogens is 2. The molecule has 1 atom stereocenters. The van der Waals surface area contributed by atoms with Gasteiger partial charge in [0.2, 0.25) is 5.95 Å². The second-order valence-corrected chi connectivity index (χ2v) is 8.45. The van der Waals surface area contributed by atoms with E-state index in [0.29, 0.717) is 23.0 Å². The van der Waals surface area contributed by atoms with Gasteiger partial charge in [-0.25, -0.2) is 4.98 Å². The van der Waals surface area contributed by atoms with E-state index in [1.54, 1.807) is 14.2 Å². The molecule has 0 spiro atoms. The summed E-state index contributed by atoms with van der Waals surface area (Å²) in [6.07, 6.45) is 0.941. The summed E-state index contributed by atoms with van der Waals surface area (Å²) < 4.78 is 13.4. The highest BCUT2D eigenvalue weighted by Crippen LogP contribution is 2.45. The van der Waals surface area contributed by atoms with Crippen LogP contribution >= 0.6 is 0 Å². The van der Waals surface area contributed by atoms with E-state index in [0.717, 1.165) is 34.4 Å². The van der Waals surface area contributed by atoms with Crippen LogP contribution in [-0.2, 0) is 11.2 Å². The molecule has 7 nitrogen and oxygen atoms in total. The van der Waals surface area contributed by atoms with Crippen LogP contribution in [0.2, 0.25) is 0 Å². The number of imidazole rings is 1. The minimum absolute atomic E-state index is 0.197. The van der Waals surface area contributed by atoms with E-state index in [4.69, 9.17) is 14.5 Å². The molecule has 0 saturated heterocycles. The van der Waals surface area contributed by atoms with Crippen molar-refractivity contribution < 1.29 is 14.3 Å². The number of nitrogens with zero attached hydrogens (tertiary/aromatic N) is 2. The smallest absolute Gasteiger partial charge is 0.255 e. The van der Waals surface area contributed by atoms with Gasteiger partial charge >= 0.3 is 0 Å². The number of amides is 1. The van der Waals surface area contributed by atoms with E-state index >= 15 is 0 Å². The van der Waals surface area contributed by atoms with E-state index < -0.39 is 6.04 Å². The van der Waals surface area contributed by atoms with E-state index in [9.17, 15) is 4.79 Å². The van der Waals surface area contributed by atoms with Gasteiger partial charge in [0, 0.05) is 16.9 Å². The molecule has 4 aromatic rings. The molecule has 1 aliphatic rings. The van der Waals surface area contributed by atoms with Gasteiger partial charge in [-0.15, -0.1) is 0 Å². The molecule has 2 heterocycles. The lowest BCUT2D eigenvalue weighted by Crippen LogP contribution is -2.31. The van der Waals surface area contributed by atoms with Gasteiger partial charge in [0.1, 0.15) is 0 Å². The summed E-state index contributed by atoms with van der Waals surface area (Å²) in [5.41, 5.74) is 5.82. The molecule has 5 rings (SSSR count). The number of anilines is 2. The molecule has 0 unspecified atom stereocenters. The molecule has 0 radical (unpaired) electrons. The van der Waals surface area contributed by atoms with Gasteiger partial charge in [0.05, 0.1) is 36.9 Å². The van der Waals surface area contributed by atoms with E-state index in [2.05, 4.69) is 22.1 Å². The molecule has 7 heteroatoms. The van der Waals surface area contributed by atoms with Gasteiger partial charge in [-0.3, -0.25) is 9.36 Å². The number of fused-ring (bicyclic) bond motifs is 3. The Labute approximate surface area is 204 Å². The van der Waals surface area contributed by atoms with Crippen molar-refractivity contribution in [1.82, 2.24) is 9.55 Å². The Morgan fingerprint density at radius 2 is 1.80 bits per heavy atom. The van der Waals surface area contributed by atoms with Crippen molar-refractivity contribution in [3.8, 4) is 11.5 Å². The van der Waals surface area contributed by atoms with Gasteiger partial charge in [0.25, 0.3) is 5.91 Å². The van der Waals surface area contributed by atoms with Crippen LogP contribution in [0.5, 0.6) is 11.5 Å². The summed E-state index contributed by atoms with van der Waals surface area (Å²) in [4.78, 5) is 18.6. The first-order valence-electron chi connectivity index (χ1n) is 11.6. The monoisotopic (exact) mass is 468 g/mol. The first-order chi connectivity index (χ1) is 17.0. The molecule has 35 heavy (non-hydrogen) atoms. The van der Waals surface area contributed by atoms with Crippen molar-refractivity contribution in [2.45, 2.75) is 26.3 Å². The maximum Gasteiger partial charge on any atom is 0.255 e. The van der Waals surface area contributed by atoms with E-state index in [1.807, 2.05) is 73.7 Å². The fraction of sp³-hybridized carbons (Fsp3) is 0.214. The molecule has 1 aromatic heterocycles. The fourth-order valence-electron chi connectivity index (χ4n) is 4.70. The van der Waals surface area contributed by atoms with Gasteiger partial charge < -0.3 is 20.1 Å². The van der Waals surface area contributed by atoms with Crippen molar-refractivity contribution in [2.75, 3.05) is 24.9 Å². The molecule has 0 fully saturated rings. The molecule has 1 amide bonds. The highest BCUT2D eigenvalue weighted by molar-refractivity contribution is 6.06. The average Bonchev–Trinajstić information content (AvgIpc) is 3.25. The topological polar surface area (TPSA) is 77.4 Å². The van der Waals surface area contributed by atoms with Crippen LogP contribution in [0, 0.1) is 0 Å². The predicted octanol–water partition coefficient (Wildman–Crippen LogP) is 5.54. The van der Waals surface area contributed by atoms with Gasteiger partial charge in [-0.1, -0.05) is 43.3 Å². The fourth-order valence-corrected chi connectivity index (χ4v) is 4.70. The number of rotatable bonds is 6. The highest BCUT2D eigenvalue weighted by atomic mass is 16.5. The lowest BCUT2D eigenvalue weighted by Gasteiger charge is -2.31. The molecule has 2 N–H and O–H groups in total. The number of carbonyl (C=O) groups excluding carboxylic acids is 1. The summed E-state index contributed by atoms with van der Waals surface area (Å²) in [6, 6.07) is 21.1. The van der Waals surface area contributed by atoms with Crippen molar-refractivity contribution in [1.29, 1.82) is 0 Å². The number of methoxy groups -OCH3 is 2. The quantitative estimate of drug-likeness (QED) is 0.388. The summed E-state index contributed by atoms with van der Waals surface area (Å²) in [7, 11) is 3.22. The number of carbonyl (C=O) groups is 1. The Morgan fingerprint density at radius 1 is 1.03 bits per heavy atom. The van der Waals surface area contributed by atoms with Crippen LogP contribution in [0.25, 0.3) is 11.0 Å². The predicted molar refractivity (Wildman–Crippen MR) is 138 cm³/mol. The number of benzene rings is 3.